The molecule has 2 atom stereocenters. The molecule has 0 aliphatic heterocycles. The Morgan fingerprint density at radius 3 is 1.56 bits per heavy atom. The van der Waals surface area contributed by atoms with E-state index in [1.54, 1.807) is 0 Å². The summed E-state index contributed by atoms with van der Waals surface area (Å²) in [5, 5.41) is 0. The summed E-state index contributed by atoms with van der Waals surface area (Å²) < 4.78 is 33.9. The van der Waals surface area contributed by atoms with Crippen LogP contribution in [0, 0.1) is 0 Å². The Balaban J connectivity index is 4.40. The third-order valence-electron chi connectivity index (χ3n) is 9.08. The lowest BCUT2D eigenvalue weighted by atomic mass is 10.1. The van der Waals surface area contributed by atoms with Crippen molar-refractivity contribution in [2.75, 3.05) is 47.5 Å². The minimum atomic E-state index is -4.63. The van der Waals surface area contributed by atoms with Gasteiger partial charge in [0.25, 0.3) is 7.82 Å². The van der Waals surface area contributed by atoms with Crippen molar-refractivity contribution in [3.63, 3.8) is 0 Å². The second-order valence-electron chi connectivity index (χ2n) is 15.7. The molecule has 0 aliphatic rings. The molecule has 10 heteroatoms. The zero-order valence-corrected chi connectivity index (χ0v) is 36.8. The van der Waals surface area contributed by atoms with Gasteiger partial charge in [0.15, 0.2) is 6.10 Å². The van der Waals surface area contributed by atoms with Crippen LogP contribution in [0.4, 0.5) is 0 Å². The van der Waals surface area contributed by atoms with Gasteiger partial charge in [0.05, 0.1) is 27.7 Å². The van der Waals surface area contributed by atoms with Crippen molar-refractivity contribution >= 4 is 19.8 Å². The van der Waals surface area contributed by atoms with Crippen molar-refractivity contribution in [1.29, 1.82) is 0 Å². The summed E-state index contributed by atoms with van der Waals surface area (Å²) in [4.78, 5) is 37.5. The molecule has 0 saturated heterocycles. The van der Waals surface area contributed by atoms with Crippen molar-refractivity contribution in [3.05, 3.63) is 48.6 Å². The van der Waals surface area contributed by atoms with Gasteiger partial charge in [-0.3, -0.25) is 14.2 Å². The van der Waals surface area contributed by atoms with Gasteiger partial charge in [-0.1, -0.05) is 140 Å². The molecular weight excluding hydrogens is 713 g/mol. The van der Waals surface area contributed by atoms with Gasteiger partial charge in [0.1, 0.15) is 19.8 Å². The zero-order chi connectivity index (χ0) is 40.7. The third-order valence-corrected chi connectivity index (χ3v) is 10.0. The lowest BCUT2D eigenvalue weighted by Gasteiger charge is -2.28. The molecule has 0 amide bonds. The van der Waals surface area contributed by atoms with E-state index in [2.05, 4.69) is 62.5 Å². The first-order valence-corrected chi connectivity index (χ1v) is 23.3. The van der Waals surface area contributed by atoms with E-state index in [1.807, 2.05) is 21.1 Å². The number of hydrogen-bond donors (Lipinski definition) is 0. The van der Waals surface area contributed by atoms with E-state index in [9.17, 15) is 19.0 Å². The first kappa shape index (κ1) is 53.0. The van der Waals surface area contributed by atoms with Crippen LogP contribution in [-0.2, 0) is 32.7 Å². The molecule has 0 aromatic heterocycles. The molecule has 0 N–H and O–H groups in total. The molecule has 0 aromatic rings. The van der Waals surface area contributed by atoms with E-state index >= 15 is 0 Å². The van der Waals surface area contributed by atoms with Crippen LogP contribution in [-0.4, -0.2) is 70.0 Å². The highest BCUT2D eigenvalue weighted by Crippen LogP contribution is 2.38. The van der Waals surface area contributed by atoms with Gasteiger partial charge >= 0.3 is 11.9 Å². The number of rotatable bonds is 39. The van der Waals surface area contributed by atoms with Gasteiger partial charge in [-0.2, -0.15) is 0 Å². The van der Waals surface area contributed by atoms with Crippen LogP contribution in [0.1, 0.15) is 174 Å². The number of nitrogens with zero attached hydrogens (tertiary/aromatic N) is 1. The summed E-state index contributed by atoms with van der Waals surface area (Å²) in [6.07, 6.45) is 42.8. The van der Waals surface area contributed by atoms with E-state index in [-0.39, 0.29) is 26.1 Å². The Bertz CT molecular complexity index is 1080. The number of allylic oxidation sites excluding steroid dienone is 8. The highest BCUT2D eigenvalue weighted by atomic mass is 31.2. The summed E-state index contributed by atoms with van der Waals surface area (Å²) in [6, 6.07) is 0. The lowest BCUT2D eigenvalue weighted by molar-refractivity contribution is -0.870. The number of unbranched alkanes of at least 4 members (excludes halogenated alkanes) is 17. The average Bonchev–Trinajstić information content (AvgIpc) is 3.13. The van der Waals surface area contributed by atoms with Crippen LogP contribution in [0.2, 0.25) is 0 Å². The number of carbonyl (C=O) groups is 2. The predicted octanol–water partition coefficient (Wildman–Crippen LogP) is 11.7. The van der Waals surface area contributed by atoms with Crippen molar-refractivity contribution in [2.24, 2.45) is 0 Å². The standard InChI is InChI=1S/C45H82NO8P/c1-6-8-10-12-14-16-18-20-22-24-25-27-29-31-33-35-37-44(47)51-41-43(42-53-55(49,50)52-40-39-46(3,4)5)54-45(48)38-36-34-32-30-28-26-23-21-19-17-15-13-11-9-7-2/h9,11,15,17,21-24,43H,6-8,10,12-14,16,18-20,25-42H2,1-5H3/b11-9-,17-15-,23-21-,24-22-/t43-/m1/s1. The van der Waals surface area contributed by atoms with Crippen molar-refractivity contribution in [3.8, 4) is 0 Å². The molecule has 0 fully saturated rings. The number of carbonyl (C=O) groups excluding carboxylic acids is 2. The van der Waals surface area contributed by atoms with Crippen LogP contribution in [0.5, 0.6) is 0 Å². The fourth-order valence-electron chi connectivity index (χ4n) is 5.66. The Morgan fingerprint density at radius 1 is 0.582 bits per heavy atom. The highest BCUT2D eigenvalue weighted by molar-refractivity contribution is 7.45. The first-order chi connectivity index (χ1) is 26.5. The van der Waals surface area contributed by atoms with Crippen LogP contribution in [0.15, 0.2) is 48.6 Å². The Hall–Kier alpha value is -2.03. The van der Waals surface area contributed by atoms with E-state index in [0.717, 1.165) is 83.5 Å². The van der Waals surface area contributed by atoms with Crippen LogP contribution < -0.4 is 4.89 Å². The van der Waals surface area contributed by atoms with Crippen LogP contribution in [0.3, 0.4) is 0 Å². The van der Waals surface area contributed by atoms with E-state index in [1.165, 1.54) is 51.4 Å². The predicted molar refractivity (Wildman–Crippen MR) is 227 cm³/mol. The number of likely N-dealkylation sites (N-methyl/N-ethyl adjacent to an activating group) is 1. The summed E-state index contributed by atoms with van der Waals surface area (Å²) in [5.41, 5.74) is 0. The summed E-state index contributed by atoms with van der Waals surface area (Å²) in [7, 11) is 1.14. The molecule has 0 radical (unpaired) electrons. The number of quaternary nitrogens is 1. The molecule has 1 unspecified atom stereocenters. The normalized spacial score (nSPS) is 14.1. The van der Waals surface area contributed by atoms with Crippen molar-refractivity contribution in [2.45, 2.75) is 180 Å². The third kappa shape index (κ3) is 41.4. The second kappa shape index (κ2) is 37.5. The number of hydrogen-bond acceptors (Lipinski definition) is 8. The molecule has 0 spiro atoms. The molecule has 0 heterocycles. The minimum absolute atomic E-state index is 0.0371. The van der Waals surface area contributed by atoms with Gasteiger partial charge in [0.2, 0.25) is 0 Å². The topological polar surface area (TPSA) is 111 Å². The molecule has 0 saturated carbocycles. The molecular formula is C45H82NO8P. The molecule has 9 nitrogen and oxygen atoms in total. The molecule has 0 rings (SSSR count). The second-order valence-corrected chi connectivity index (χ2v) is 17.1. The van der Waals surface area contributed by atoms with Gasteiger partial charge in [-0.15, -0.1) is 0 Å². The SMILES string of the molecule is CC/C=C\C/C=C\C/C=C\CCCCCCCC(=O)O[C@H](COC(=O)CCCCCCC/C=C\CCCCCCCCC)COP(=O)([O-])OCC[N+](C)(C)C. The van der Waals surface area contributed by atoms with Crippen LogP contribution in [0.25, 0.3) is 0 Å². The lowest BCUT2D eigenvalue weighted by Crippen LogP contribution is -2.37. The highest BCUT2D eigenvalue weighted by Gasteiger charge is 2.21. The van der Waals surface area contributed by atoms with Crippen molar-refractivity contribution < 1.29 is 42.1 Å². The maximum atomic E-state index is 12.7. The number of phosphoric acid groups is 1. The maximum Gasteiger partial charge on any atom is 0.306 e. The largest absolute Gasteiger partial charge is 0.756 e. The fraction of sp³-hybridized carbons (Fsp3) is 0.778. The maximum absolute atomic E-state index is 12.7. The average molecular weight is 796 g/mol. The number of ether oxygens (including phenoxy) is 2. The molecule has 0 aromatic carbocycles. The summed E-state index contributed by atoms with van der Waals surface area (Å²) in [5.74, 6) is -0.866. The minimum Gasteiger partial charge on any atom is -0.756 e. The van der Waals surface area contributed by atoms with Gasteiger partial charge in [-0.05, 0) is 70.6 Å². The van der Waals surface area contributed by atoms with Gasteiger partial charge in [0, 0.05) is 12.8 Å². The first-order valence-electron chi connectivity index (χ1n) is 21.8. The molecule has 320 valence electrons. The van der Waals surface area contributed by atoms with Gasteiger partial charge in [-0.25, -0.2) is 0 Å². The fourth-order valence-corrected chi connectivity index (χ4v) is 6.39. The Labute approximate surface area is 337 Å². The smallest absolute Gasteiger partial charge is 0.306 e. The quantitative estimate of drug-likeness (QED) is 0.0199. The van der Waals surface area contributed by atoms with Gasteiger partial charge < -0.3 is 27.9 Å². The molecule has 55 heavy (non-hydrogen) atoms. The molecule has 0 aliphatic carbocycles. The Kier molecular flexibility index (Phi) is 36.2. The number of esters is 2. The van der Waals surface area contributed by atoms with E-state index < -0.39 is 32.5 Å². The van der Waals surface area contributed by atoms with Crippen molar-refractivity contribution in [1.82, 2.24) is 0 Å². The summed E-state index contributed by atoms with van der Waals surface area (Å²) in [6.45, 7) is 4.07. The Morgan fingerprint density at radius 2 is 1.04 bits per heavy atom. The number of phosphoric ester groups is 1. The van der Waals surface area contributed by atoms with E-state index in [0.29, 0.717) is 23.9 Å². The molecule has 0 bridgehead atoms. The van der Waals surface area contributed by atoms with E-state index in [4.69, 9.17) is 18.5 Å². The summed E-state index contributed by atoms with van der Waals surface area (Å²) >= 11 is 0. The monoisotopic (exact) mass is 796 g/mol. The zero-order valence-electron chi connectivity index (χ0n) is 35.9. The van der Waals surface area contributed by atoms with Crippen LogP contribution >= 0.6 is 7.82 Å².